The van der Waals surface area contributed by atoms with Crippen LogP contribution in [-0.4, -0.2) is 72.3 Å². The molecule has 0 saturated carbocycles. The van der Waals surface area contributed by atoms with Gasteiger partial charge in [-0.3, -0.25) is 9.78 Å². The van der Waals surface area contributed by atoms with Gasteiger partial charge < -0.3 is 26.0 Å². The molecule has 5 N–H and O–H groups in total. The number of carbonyl (C=O) groups is 2. The molecule has 13 nitrogen and oxygen atoms in total. The highest BCUT2D eigenvalue weighted by Gasteiger charge is 2.44. The number of aliphatic hydroxyl groups excluding tert-OH is 1. The summed E-state index contributed by atoms with van der Waals surface area (Å²) in [5.41, 5.74) is 12.2. The number of benzene rings is 1. The molecule has 1 atom stereocenters. The fourth-order valence-corrected chi connectivity index (χ4v) is 3.66. The Morgan fingerprint density at radius 3 is 2.50 bits per heavy atom. The van der Waals surface area contributed by atoms with Gasteiger partial charge in [0.05, 0.1) is 29.4 Å². The van der Waals surface area contributed by atoms with Crippen molar-refractivity contribution in [3.8, 4) is 22.8 Å². The molecule has 3 heterocycles. The number of nitrogen functional groups attached to an aromatic ring is 1. The summed E-state index contributed by atoms with van der Waals surface area (Å²) in [6, 6.07) is 8.79. The first-order chi connectivity index (χ1) is 18.1. The number of alkyl halides is 3. The van der Waals surface area contributed by atoms with E-state index < -0.39 is 37.2 Å². The van der Waals surface area contributed by atoms with Gasteiger partial charge in [0.15, 0.2) is 17.3 Å². The van der Waals surface area contributed by atoms with E-state index in [1.165, 1.54) is 4.57 Å². The van der Waals surface area contributed by atoms with Crippen LogP contribution < -0.4 is 11.5 Å². The number of amides is 1. The van der Waals surface area contributed by atoms with Crippen molar-refractivity contribution in [1.29, 1.82) is 0 Å². The Morgan fingerprint density at radius 2 is 1.92 bits per heavy atom. The molecule has 0 bridgehead atoms. The average molecular weight is 534 g/mol. The van der Waals surface area contributed by atoms with Gasteiger partial charge in [-0.15, -0.1) is 0 Å². The van der Waals surface area contributed by atoms with Crippen molar-refractivity contribution in [2.24, 2.45) is 5.73 Å². The second-order valence-corrected chi connectivity index (χ2v) is 7.89. The van der Waals surface area contributed by atoms with Gasteiger partial charge >= 0.3 is 12.1 Å². The van der Waals surface area contributed by atoms with Crippen LogP contribution in [0.15, 0.2) is 41.2 Å². The maximum absolute atomic E-state index is 13.5. The summed E-state index contributed by atoms with van der Waals surface area (Å²) >= 11 is 0. The van der Waals surface area contributed by atoms with E-state index in [-0.39, 0.29) is 45.5 Å². The molecule has 0 saturated heterocycles. The smallest absolute Gasteiger partial charge is 0.390 e. The van der Waals surface area contributed by atoms with E-state index in [1.54, 1.807) is 37.3 Å². The van der Waals surface area contributed by atoms with Crippen molar-refractivity contribution in [2.45, 2.75) is 25.7 Å². The minimum Gasteiger partial charge on any atom is -0.390 e. The highest BCUT2D eigenvalue weighted by atomic mass is 19.4. The topological polar surface area (TPSA) is 189 Å². The Labute approximate surface area is 211 Å². The lowest BCUT2D eigenvalue weighted by atomic mass is 10.1. The number of pyridine rings is 1. The number of carbonyl (C=O) groups excluding carboxylic acids is 2. The molecule has 1 amide bonds. The standard InChI is InChI=1S/C22H21F3N8O5/c1-2-32-17-13(20(35)33(10-12(34)8-26)37-21(36)22(23,24)25)9-28-14(11-6-4-3-5-7-11)15(17)29-19(32)16-18(27)31-38-30-16/h3-7,9,12,34H,2,8,10,26H2,1H3,(H2,27,31). The number of fused-ring (bicyclic) bond motifs is 1. The first-order valence-corrected chi connectivity index (χ1v) is 11.1. The van der Waals surface area contributed by atoms with Crippen molar-refractivity contribution in [2.75, 3.05) is 18.8 Å². The molecule has 0 aliphatic carbocycles. The number of anilines is 1. The number of nitrogens with two attached hydrogens (primary N) is 2. The molecule has 38 heavy (non-hydrogen) atoms. The van der Waals surface area contributed by atoms with Crippen LogP contribution in [0.5, 0.6) is 0 Å². The highest BCUT2D eigenvalue weighted by Crippen LogP contribution is 2.34. The molecular formula is C22H21F3N8O5. The monoisotopic (exact) mass is 534 g/mol. The largest absolute Gasteiger partial charge is 0.493 e. The summed E-state index contributed by atoms with van der Waals surface area (Å²) < 4.78 is 45.0. The molecule has 0 aliphatic heterocycles. The third-order valence-corrected chi connectivity index (χ3v) is 5.39. The Balaban J connectivity index is 1.95. The lowest BCUT2D eigenvalue weighted by Gasteiger charge is -2.24. The summed E-state index contributed by atoms with van der Waals surface area (Å²) in [7, 11) is 0. The van der Waals surface area contributed by atoms with E-state index in [0.717, 1.165) is 6.20 Å². The van der Waals surface area contributed by atoms with Crippen LogP contribution in [0, 0.1) is 0 Å². The molecule has 200 valence electrons. The summed E-state index contributed by atoms with van der Waals surface area (Å²) in [6.07, 6.45) is -5.80. The third-order valence-electron chi connectivity index (χ3n) is 5.39. The number of nitrogens with zero attached hydrogens (tertiary/aromatic N) is 6. The summed E-state index contributed by atoms with van der Waals surface area (Å²) in [6.45, 7) is 0.630. The minimum absolute atomic E-state index is 0.0550. The first-order valence-electron chi connectivity index (χ1n) is 11.1. The van der Waals surface area contributed by atoms with Crippen molar-refractivity contribution < 1.29 is 37.3 Å². The molecule has 0 fully saturated rings. The average Bonchev–Trinajstić information content (AvgIpc) is 3.50. The quantitative estimate of drug-likeness (QED) is 0.292. The number of hydrogen-bond donors (Lipinski definition) is 3. The van der Waals surface area contributed by atoms with Crippen molar-refractivity contribution >= 4 is 28.7 Å². The first kappa shape index (κ1) is 26.5. The molecule has 4 rings (SSSR count). The maximum Gasteiger partial charge on any atom is 0.493 e. The van der Waals surface area contributed by atoms with E-state index in [4.69, 9.17) is 11.5 Å². The second kappa shape index (κ2) is 10.4. The van der Waals surface area contributed by atoms with Gasteiger partial charge in [-0.2, -0.15) is 18.2 Å². The van der Waals surface area contributed by atoms with E-state index >= 15 is 0 Å². The molecule has 1 aromatic carbocycles. The molecule has 1 unspecified atom stereocenters. The van der Waals surface area contributed by atoms with Crippen molar-refractivity contribution in [1.82, 2.24) is 29.9 Å². The van der Waals surface area contributed by atoms with Gasteiger partial charge in [0.25, 0.3) is 5.91 Å². The number of aryl methyl sites for hydroxylation is 1. The zero-order valence-corrected chi connectivity index (χ0v) is 19.7. The number of rotatable bonds is 7. The molecule has 16 heteroatoms. The molecular weight excluding hydrogens is 513 g/mol. The van der Waals surface area contributed by atoms with Crippen LogP contribution in [0.2, 0.25) is 0 Å². The zero-order chi connectivity index (χ0) is 27.6. The summed E-state index contributed by atoms with van der Waals surface area (Å²) in [4.78, 5) is 38.3. The van der Waals surface area contributed by atoms with Crippen LogP contribution in [-0.2, 0) is 16.2 Å². The van der Waals surface area contributed by atoms with Crippen molar-refractivity contribution in [3.05, 3.63) is 42.1 Å². The van der Waals surface area contributed by atoms with Gasteiger partial charge in [0.2, 0.25) is 0 Å². The molecule has 4 aromatic rings. The van der Waals surface area contributed by atoms with E-state index in [0.29, 0.717) is 11.3 Å². The van der Waals surface area contributed by atoms with Gasteiger partial charge in [-0.05, 0) is 17.2 Å². The number of halogens is 3. The van der Waals surface area contributed by atoms with E-state index in [9.17, 15) is 27.9 Å². The zero-order valence-electron chi connectivity index (χ0n) is 19.7. The summed E-state index contributed by atoms with van der Waals surface area (Å²) in [5, 5.41) is 17.3. The number of aromatic nitrogens is 5. The van der Waals surface area contributed by atoms with Crippen molar-refractivity contribution in [3.63, 3.8) is 0 Å². The lowest BCUT2D eigenvalue weighted by Crippen LogP contribution is -2.44. The number of hydrogen-bond acceptors (Lipinski definition) is 11. The number of imidazole rings is 1. The predicted molar refractivity (Wildman–Crippen MR) is 125 cm³/mol. The Kier molecular flexibility index (Phi) is 7.27. The molecule has 0 spiro atoms. The maximum atomic E-state index is 13.5. The molecule has 0 aliphatic rings. The Morgan fingerprint density at radius 1 is 1.21 bits per heavy atom. The van der Waals surface area contributed by atoms with Gasteiger partial charge in [-0.25, -0.2) is 14.4 Å². The second-order valence-electron chi connectivity index (χ2n) is 7.89. The third kappa shape index (κ3) is 4.98. The molecule has 0 radical (unpaired) electrons. The van der Waals surface area contributed by atoms with Gasteiger partial charge in [0, 0.05) is 24.8 Å². The fourth-order valence-electron chi connectivity index (χ4n) is 3.66. The summed E-state index contributed by atoms with van der Waals surface area (Å²) in [5.74, 6) is -3.82. The highest BCUT2D eigenvalue weighted by molar-refractivity contribution is 6.08. The Hall–Kier alpha value is -4.57. The number of hydroxylamine groups is 2. The SMILES string of the molecule is CCn1c(-c2nonc2N)nc2c(-c3ccccc3)ncc(C(=O)N(CC(O)CN)OC(=O)C(F)(F)F)c21. The van der Waals surface area contributed by atoms with Crippen LogP contribution in [0.3, 0.4) is 0 Å². The Bertz CT molecular complexity index is 1470. The van der Waals surface area contributed by atoms with Crippen LogP contribution in [0.1, 0.15) is 17.3 Å². The normalized spacial score (nSPS) is 12.5. The van der Waals surface area contributed by atoms with Crippen LogP contribution >= 0.6 is 0 Å². The number of aliphatic hydroxyl groups is 1. The van der Waals surface area contributed by atoms with E-state index in [2.05, 4.69) is 29.7 Å². The molecule has 3 aromatic heterocycles. The van der Waals surface area contributed by atoms with E-state index in [1.807, 2.05) is 0 Å². The minimum atomic E-state index is -5.41. The predicted octanol–water partition coefficient (Wildman–Crippen LogP) is 1.53. The fraction of sp³-hybridized carbons (Fsp3) is 0.273. The van der Waals surface area contributed by atoms with Gasteiger partial charge in [-0.1, -0.05) is 30.3 Å². The van der Waals surface area contributed by atoms with Crippen LogP contribution in [0.4, 0.5) is 19.0 Å². The lowest BCUT2D eigenvalue weighted by molar-refractivity contribution is -0.230. The van der Waals surface area contributed by atoms with Crippen LogP contribution in [0.25, 0.3) is 33.8 Å². The van der Waals surface area contributed by atoms with Gasteiger partial charge in [0.1, 0.15) is 5.52 Å².